The second-order valence-electron chi connectivity index (χ2n) is 6.34. The minimum Gasteiger partial charge on any atom is -0.368 e. The third kappa shape index (κ3) is 1.92. The summed E-state index contributed by atoms with van der Waals surface area (Å²) in [6.07, 6.45) is 3.21. The Labute approximate surface area is 108 Å². The van der Waals surface area contributed by atoms with Crippen molar-refractivity contribution in [1.29, 1.82) is 0 Å². The fraction of sp³-hybridized carbons (Fsp3) is 0.692. The lowest BCUT2D eigenvalue weighted by molar-refractivity contribution is 0.310. The van der Waals surface area contributed by atoms with Crippen molar-refractivity contribution in [2.45, 2.75) is 39.2 Å². The summed E-state index contributed by atoms with van der Waals surface area (Å²) in [6, 6.07) is 0.275. The molecule has 3 rings (SSSR count). The average molecular weight is 247 g/mol. The Morgan fingerprint density at radius 1 is 1.28 bits per heavy atom. The van der Waals surface area contributed by atoms with Crippen LogP contribution in [-0.4, -0.2) is 29.1 Å². The maximum Gasteiger partial charge on any atom is 0.222 e. The highest BCUT2D eigenvalue weighted by Crippen LogP contribution is 2.38. The van der Waals surface area contributed by atoms with Crippen LogP contribution >= 0.6 is 0 Å². The highest BCUT2D eigenvalue weighted by Gasteiger charge is 2.33. The van der Waals surface area contributed by atoms with Crippen LogP contribution in [0.3, 0.4) is 0 Å². The first-order valence-electron chi connectivity index (χ1n) is 6.60. The fourth-order valence-corrected chi connectivity index (χ4v) is 2.89. The molecule has 98 valence electrons. The van der Waals surface area contributed by atoms with E-state index in [1.807, 2.05) is 0 Å². The molecule has 2 aliphatic rings. The minimum atomic E-state index is 0.275. The zero-order valence-corrected chi connectivity index (χ0v) is 11.1. The molecule has 5 heteroatoms. The lowest BCUT2D eigenvalue weighted by atomic mass is 9.76. The largest absolute Gasteiger partial charge is 0.368 e. The van der Waals surface area contributed by atoms with Crippen LogP contribution in [0, 0.1) is 5.41 Å². The second kappa shape index (κ2) is 3.82. The van der Waals surface area contributed by atoms with E-state index < -0.39 is 0 Å². The van der Waals surface area contributed by atoms with Crippen LogP contribution in [0.15, 0.2) is 0 Å². The molecule has 0 amide bonds. The first kappa shape index (κ1) is 11.7. The number of rotatable bonds is 1. The van der Waals surface area contributed by atoms with Gasteiger partial charge in [0.2, 0.25) is 5.95 Å². The van der Waals surface area contributed by atoms with Gasteiger partial charge in [-0.15, -0.1) is 0 Å². The van der Waals surface area contributed by atoms with Gasteiger partial charge in [-0.05, 0) is 24.7 Å². The minimum absolute atomic E-state index is 0.275. The predicted octanol–water partition coefficient (Wildman–Crippen LogP) is 0.721. The van der Waals surface area contributed by atoms with Crippen molar-refractivity contribution in [3.8, 4) is 0 Å². The molecule has 0 saturated carbocycles. The van der Waals surface area contributed by atoms with Gasteiger partial charge in [0.05, 0.1) is 5.69 Å². The molecule has 0 bridgehead atoms. The van der Waals surface area contributed by atoms with Crippen molar-refractivity contribution < 1.29 is 0 Å². The monoisotopic (exact) mass is 247 g/mol. The molecule has 5 nitrogen and oxygen atoms in total. The van der Waals surface area contributed by atoms with Crippen LogP contribution in [0.5, 0.6) is 0 Å². The number of nitrogens with two attached hydrogens (primary N) is 2. The molecule has 1 saturated heterocycles. The summed E-state index contributed by atoms with van der Waals surface area (Å²) in [5.41, 5.74) is 14.4. The zero-order valence-electron chi connectivity index (χ0n) is 11.1. The number of aromatic nitrogens is 2. The van der Waals surface area contributed by atoms with Crippen LogP contribution in [0.2, 0.25) is 0 Å². The third-order valence-corrected chi connectivity index (χ3v) is 4.00. The topological polar surface area (TPSA) is 81.1 Å². The summed E-state index contributed by atoms with van der Waals surface area (Å²) >= 11 is 0. The quantitative estimate of drug-likeness (QED) is 0.764. The number of hydrogen-bond donors (Lipinski definition) is 2. The summed E-state index contributed by atoms with van der Waals surface area (Å²) in [7, 11) is 0. The Bertz CT molecular complexity index is 477. The molecule has 1 aliphatic carbocycles. The molecular weight excluding hydrogens is 226 g/mol. The van der Waals surface area contributed by atoms with Crippen LogP contribution in [0.4, 0.5) is 11.8 Å². The SMILES string of the molecule is CC1(C)CCc2c(nc(N)nc2N2CC(N)C2)C1. The van der Waals surface area contributed by atoms with E-state index in [0.717, 1.165) is 37.4 Å². The predicted molar refractivity (Wildman–Crippen MR) is 72.4 cm³/mol. The molecule has 4 N–H and O–H groups in total. The molecule has 0 aromatic carbocycles. The molecule has 1 fully saturated rings. The van der Waals surface area contributed by atoms with E-state index in [-0.39, 0.29) is 6.04 Å². The van der Waals surface area contributed by atoms with Crippen molar-refractivity contribution in [2.75, 3.05) is 23.7 Å². The number of nitrogens with zero attached hydrogens (tertiary/aromatic N) is 3. The van der Waals surface area contributed by atoms with E-state index in [1.54, 1.807) is 0 Å². The Morgan fingerprint density at radius 2 is 2.00 bits per heavy atom. The normalized spacial score (nSPS) is 22.5. The Hall–Kier alpha value is -1.36. The van der Waals surface area contributed by atoms with Crippen molar-refractivity contribution in [1.82, 2.24) is 9.97 Å². The van der Waals surface area contributed by atoms with Gasteiger partial charge in [-0.25, -0.2) is 4.98 Å². The molecule has 18 heavy (non-hydrogen) atoms. The maximum atomic E-state index is 5.85. The van der Waals surface area contributed by atoms with Crippen LogP contribution in [-0.2, 0) is 12.8 Å². The Kier molecular flexibility index (Phi) is 2.48. The first-order valence-corrected chi connectivity index (χ1v) is 6.60. The first-order chi connectivity index (χ1) is 8.44. The van der Waals surface area contributed by atoms with Crippen molar-refractivity contribution >= 4 is 11.8 Å². The van der Waals surface area contributed by atoms with Gasteiger partial charge < -0.3 is 16.4 Å². The summed E-state index contributed by atoms with van der Waals surface area (Å²) in [6.45, 7) is 6.33. The van der Waals surface area contributed by atoms with Gasteiger partial charge in [0, 0.05) is 24.7 Å². The number of nitrogen functional groups attached to an aromatic ring is 1. The Balaban J connectivity index is 1.98. The van der Waals surface area contributed by atoms with Gasteiger partial charge in [0.25, 0.3) is 0 Å². The maximum absolute atomic E-state index is 5.85. The van der Waals surface area contributed by atoms with E-state index in [2.05, 4.69) is 28.7 Å². The molecule has 0 spiro atoms. The third-order valence-electron chi connectivity index (χ3n) is 4.00. The van der Waals surface area contributed by atoms with Gasteiger partial charge >= 0.3 is 0 Å². The second-order valence-corrected chi connectivity index (χ2v) is 6.34. The van der Waals surface area contributed by atoms with Gasteiger partial charge in [-0.2, -0.15) is 4.98 Å². The van der Waals surface area contributed by atoms with Gasteiger partial charge in [-0.3, -0.25) is 0 Å². The van der Waals surface area contributed by atoms with Crippen LogP contribution in [0.1, 0.15) is 31.5 Å². The molecule has 1 aromatic heterocycles. The van der Waals surface area contributed by atoms with Crippen molar-refractivity contribution in [3.05, 3.63) is 11.3 Å². The number of fused-ring (bicyclic) bond motifs is 1. The van der Waals surface area contributed by atoms with Gasteiger partial charge in [-0.1, -0.05) is 13.8 Å². The van der Waals surface area contributed by atoms with Crippen LogP contribution < -0.4 is 16.4 Å². The molecule has 0 atom stereocenters. The fourth-order valence-electron chi connectivity index (χ4n) is 2.89. The highest BCUT2D eigenvalue weighted by atomic mass is 15.3. The van der Waals surface area contributed by atoms with Crippen molar-refractivity contribution in [2.24, 2.45) is 11.1 Å². The molecule has 1 aromatic rings. The smallest absolute Gasteiger partial charge is 0.222 e. The number of anilines is 2. The average Bonchev–Trinajstić information content (AvgIpc) is 2.21. The van der Waals surface area contributed by atoms with Crippen LogP contribution in [0.25, 0.3) is 0 Å². The van der Waals surface area contributed by atoms with E-state index in [1.165, 1.54) is 12.0 Å². The van der Waals surface area contributed by atoms with E-state index in [0.29, 0.717) is 11.4 Å². The molecular formula is C13H21N5. The van der Waals surface area contributed by atoms with E-state index >= 15 is 0 Å². The highest BCUT2D eigenvalue weighted by molar-refractivity contribution is 5.55. The summed E-state index contributed by atoms with van der Waals surface area (Å²) in [4.78, 5) is 11.1. The summed E-state index contributed by atoms with van der Waals surface area (Å²) < 4.78 is 0. The standard InChI is InChI=1S/C13H21N5/c1-13(2)4-3-9-10(5-13)16-12(15)17-11(9)18-6-8(14)7-18/h8H,3-7,14H2,1-2H3,(H2,15,16,17). The molecule has 0 radical (unpaired) electrons. The van der Waals surface area contributed by atoms with Crippen molar-refractivity contribution in [3.63, 3.8) is 0 Å². The summed E-state index contributed by atoms with van der Waals surface area (Å²) in [5.74, 6) is 1.41. The molecule has 2 heterocycles. The van der Waals surface area contributed by atoms with Gasteiger partial charge in [0.15, 0.2) is 0 Å². The lowest BCUT2D eigenvalue weighted by Gasteiger charge is -2.40. The lowest BCUT2D eigenvalue weighted by Crippen LogP contribution is -2.56. The summed E-state index contributed by atoms with van der Waals surface area (Å²) in [5, 5.41) is 0. The zero-order chi connectivity index (χ0) is 12.9. The van der Waals surface area contributed by atoms with E-state index in [4.69, 9.17) is 11.5 Å². The number of hydrogen-bond acceptors (Lipinski definition) is 5. The molecule has 1 aliphatic heterocycles. The van der Waals surface area contributed by atoms with Gasteiger partial charge in [0.1, 0.15) is 5.82 Å². The molecule has 0 unspecified atom stereocenters. The van der Waals surface area contributed by atoms with E-state index in [9.17, 15) is 0 Å². The Morgan fingerprint density at radius 3 is 2.67 bits per heavy atom.